The van der Waals surface area contributed by atoms with Gasteiger partial charge in [-0.05, 0) is 31.0 Å². The molecule has 2 aromatic heterocycles. The minimum absolute atomic E-state index is 0.111. The Morgan fingerprint density at radius 1 is 1.37 bits per heavy atom. The Balaban J connectivity index is 2.39. The van der Waals surface area contributed by atoms with Crippen molar-refractivity contribution in [2.45, 2.75) is 25.6 Å². The van der Waals surface area contributed by atoms with E-state index in [0.29, 0.717) is 12.2 Å². The van der Waals surface area contributed by atoms with Gasteiger partial charge in [0.2, 0.25) is 0 Å². The zero-order valence-electron chi connectivity index (χ0n) is 10.2. The fourth-order valence-corrected chi connectivity index (χ4v) is 1.74. The average Bonchev–Trinajstić information content (AvgIpc) is 2.77. The summed E-state index contributed by atoms with van der Waals surface area (Å²) in [5.74, 6) is 0.371. The van der Waals surface area contributed by atoms with Gasteiger partial charge in [0.15, 0.2) is 11.5 Å². The van der Waals surface area contributed by atoms with Gasteiger partial charge in [-0.1, -0.05) is 6.07 Å². The number of rotatable bonds is 3. The lowest BCUT2D eigenvalue weighted by Gasteiger charge is -2.10. The third-order valence-corrected chi connectivity index (χ3v) is 2.51. The molecule has 0 bridgehead atoms. The number of hydrogen-bond acceptors (Lipinski definition) is 3. The van der Waals surface area contributed by atoms with E-state index in [-0.39, 0.29) is 6.04 Å². The highest BCUT2D eigenvalue weighted by Gasteiger charge is 2.33. The summed E-state index contributed by atoms with van der Waals surface area (Å²) in [4.78, 5) is 4.07. The van der Waals surface area contributed by atoms with Crippen LogP contribution in [0.5, 0.6) is 0 Å². The van der Waals surface area contributed by atoms with Crippen LogP contribution in [0.3, 0.4) is 0 Å². The molecule has 7 heteroatoms. The van der Waals surface area contributed by atoms with E-state index in [1.165, 1.54) is 12.4 Å². The molecule has 0 aliphatic rings. The predicted octanol–water partition coefficient (Wildman–Crippen LogP) is 2.18. The highest BCUT2D eigenvalue weighted by molar-refractivity contribution is 5.33. The van der Waals surface area contributed by atoms with Crippen LogP contribution in [0.1, 0.15) is 18.2 Å². The van der Waals surface area contributed by atoms with Crippen LogP contribution >= 0.6 is 0 Å². The molecule has 0 saturated heterocycles. The number of pyridine rings is 1. The molecule has 102 valence electrons. The van der Waals surface area contributed by atoms with E-state index in [1.54, 1.807) is 12.1 Å². The first-order valence-corrected chi connectivity index (χ1v) is 5.70. The lowest BCUT2D eigenvalue weighted by atomic mass is 10.1. The van der Waals surface area contributed by atoms with Crippen LogP contribution in [0.4, 0.5) is 13.2 Å². The van der Waals surface area contributed by atoms with Gasteiger partial charge in [-0.25, -0.2) is 9.67 Å². The first kappa shape index (κ1) is 13.5. The van der Waals surface area contributed by atoms with Crippen molar-refractivity contribution >= 4 is 0 Å². The molecule has 0 amide bonds. The molecular formula is C12H13F3N4. The largest absolute Gasteiger partial charge is 0.435 e. The molecule has 1 unspecified atom stereocenters. The highest BCUT2D eigenvalue weighted by Crippen LogP contribution is 2.28. The minimum atomic E-state index is -4.46. The second kappa shape index (κ2) is 5.00. The topological polar surface area (TPSA) is 56.7 Å². The van der Waals surface area contributed by atoms with E-state index in [9.17, 15) is 13.2 Å². The second-order valence-electron chi connectivity index (χ2n) is 4.31. The Bertz CT molecular complexity index is 560. The number of aromatic nitrogens is 3. The summed E-state index contributed by atoms with van der Waals surface area (Å²) in [5, 5.41) is 3.51. The van der Waals surface area contributed by atoms with Crippen LogP contribution in [0.15, 0.2) is 30.6 Å². The highest BCUT2D eigenvalue weighted by atomic mass is 19.4. The maximum atomic E-state index is 12.5. The Morgan fingerprint density at radius 2 is 2.11 bits per heavy atom. The Hall–Kier alpha value is -1.89. The monoisotopic (exact) mass is 270 g/mol. The molecule has 0 aliphatic heterocycles. The Labute approximate surface area is 108 Å². The van der Waals surface area contributed by atoms with Crippen molar-refractivity contribution in [1.82, 2.24) is 14.8 Å². The molecule has 0 aliphatic carbocycles. The maximum absolute atomic E-state index is 12.5. The normalized spacial score (nSPS) is 13.5. The van der Waals surface area contributed by atoms with Crippen LogP contribution in [0, 0.1) is 0 Å². The van der Waals surface area contributed by atoms with Crippen LogP contribution in [0.25, 0.3) is 5.82 Å². The van der Waals surface area contributed by atoms with E-state index in [1.807, 2.05) is 6.92 Å². The van der Waals surface area contributed by atoms with Gasteiger partial charge >= 0.3 is 6.18 Å². The van der Waals surface area contributed by atoms with Crippen molar-refractivity contribution in [2.75, 3.05) is 0 Å². The van der Waals surface area contributed by atoms with Crippen molar-refractivity contribution in [3.63, 3.8) is 0 Å². The Morgan fingerprint density at radius 3 is 2.68 bits per heavy atom. The molecular weight excluding hydrogens is 257 g/mol. The van der Waals surface area contributed by atoms with Crippen LogP contribution < -0.4 is 5.73 Å². The lowest BCUT2D eigenvalue weighted by molar-refractivity contribution is -0.141. The van der Waals surface area contributed by atoms with Gasteiger partial charge in [-0.2, -0.15) is 18.3 Å². The van der Waals surface area contributed by atoms with Gasteiger partial charge < -0.3 is 5.73 Å². The van der Waals surface area contributed by atoms with E-state index < -0.39 is 11.9 Å². The summed E-state index contributed by atoms with van der Waals surface area (Å²) in [5.41, 5.74) is 5.53. The molecule has 2 heterocycles. The quantitative estimate of drug-likeness (QED) is 0.930. The number of nitrogens with two attached hydrogens (primary N) is 1. The smallest absolute Gasteiger partial charge is 0.328 e. The summed E-state index contributed by atoms with van der Waals surface area (Å²) in [6.45, 7) is 1.82. The molecule has 0 spiro atoms. The fourth-order valence-electron chi connectivity index (χ4n) is 1.74. The number of halogens is 3. The van der Waals surface area contributed by atoms with Gasteiger partial charge in [-0.15, -0.1) is 0 Å². The van der Waals surface area contributed by atoms with Crippen molar-refractivity contribution in [3.8, 4) is 5.82 Å². The molecule has 19 heavy (non-hydrogen) atoms. The van der Waals surface area contributed by atoms with Gasteiger partial charge in [-0.3, -0.25) is 0 Å². The van der Waals surface area contributed by atoms with E-state index in [0.717, 1.165) is 16.3 Å². The summed E-state index contributed by atoms with van der Waals surface area (Å²) < 4.78 is 38.7. The number of nitrogens with zero attached hydrogens (tertiary/aromatic N) is 3. The molecule has 0 aromatic carbocycles. The average molecular weight is 270 g/mol. The molecule has 0 fully saturated rings. The molecule has 2 N–H and O–H groups in total. The summed E-state index contributed by atoms with van der Waals surface area (Å²) >= 11 is 0. The second-order valence-corrected chi connectivity index (χ2v) is 4.31. The van der Waals surface area contributed by atoms with Crippen LogP contribution in [0.2, 0.25) is 0 Å². The summed E-state index contributed by atoms with van der Waals surface area (Å²) in [7, 11) is 0. The van der Waals surface area contributed by atoms with Gasteiger partial charge in [0, 0.05) is 18.4 Å². The van der Waals surface area contributed by atoms with Crippen molar-refractivity contribution in [3.05, 3.63) is 41.9 Å². The standard InChI is InChI=1S/C12H13F3N4/c1-8(16)7-9-3-2-5-17-11(9)19-6-4-10(18-19)12(13,14)15/h2-6,8H,7,16H2,1H3. The van der Waals surface area contributed by atoms with E-state index >= 15 is 0 Å². The van der Waals surface area contributed by atoms with Crippen molar-refractivity contribution < 1.29 is 13.2 Å². The number of alkyl halides is 3. The third kappa shape index (κ3) is 3.11. The molecule has 2 aromatic rings. The summed E-state index contributed by atoms with van der Waals surface area (Å²) in [6, 6.07) is 4.31. The summed E-state index contributed by atoms with van der Waals surface area (Å²) in [6.07, 6.45) is -1.18. The van der Waals surface area contributed by atoms with Crippen LogP contribution in [-0.4, -0.2) is 20.8 Å². The van der Waals surface area contributed by atoms with Crippen LogP contribution in [-0.2, 0) is 12.6 Å². The Kier molecular flexibility index (Phi) is 3.57. The van der Waals surface area contributed by atoms with Crippen molar-refractivity contribution in [1.29, 1.82) is 0 Å². The molecule has 1 atom stereocenters. The SMILES string of the molecule is CC(N)Cc1cccnc1-n1ccc(C(F)(F)F)n1. The molecule has 2 rings (SSSR count). The van der Waals surface area contributed by atoms with Crippen molar-refractivity contribution in [2.24, 2.45) is 5.73 Å². The number of hydrogen-bond donors (Lipinski definition) is 1. The zero-order valence-corrected chi connectivity index (χ0v) is 10.2. The fraction of sp³-hybridized carbons (Fsp3) is 0.333. The van der Waals surface area contributed by atoms with E-state index in [4.69, 9.17) is 5.73 Å². The molecule has 4 nitrogen and oxygen atoms in total. The molecule has 0 radical (unpaired) electrons. The van der Waals surface area contributed by atoms with Gasteiger partial charge in [0.05, 0.1) is 0 Å². The maximum Gasteiger partial charge on any atom is 0.435 e. The molecule has 0 saturated carbocycles. The first-order valence-electron chi connectivity index (χ1n) is 5.70. The third-order valence-electron chi connectivity index (χ3n) is 2.51. The first-order chi connectivity index (χ1) is 8.88. The lowest BCUT2D eigenvalue weighted by Crippen LogP contribution is -2.19. The van der Waals surface area contributed by atoms with Gasteiger partial charge in [0.1, 0.15) is 0 Å². The predicted molar refractivity (Wildman–Crippen MR) is 63.7 cm³/mol. The van der Waals surface area contributed by atoms with E-state index in [2.05, 4.69) is 10.1 Å². The zero-order chi connectivity index (χ0) is 14.0. The van der Waals surface area contributed by atoms with Gasteiger partial charge in [0.25, 0.3) is 0 Å². The minimum Gasteiger partial charge on any atom is -0.328 e.